The van der Waals surface area contributed by atoms with Gasteiger partial charge in [0, 0.05) is 6.54 Å². The molecule has 2 rings (SSSR count). The Morgan fingerprint density at radius 2 is 1.68 bits per heavy atom. The lowest BCUT2D eigenvalue weighted by molar-refractivity contribution is -0.153. The maximum Gasteiger partial charge on any atom is 0.326 e. The van der Waals surface area contributed by atoms with Gasteiger partial charge in [0.1, 0.15) is 6.04 Å². The summed E-state index contributed by atoms with van der Waals surface area (Å²) in [6, 6.07) is -0.683. The molecular formula is C14H24N2O3. The second kappa shape index (κ2) is 5.90. The average Bonchev–Trinajstić information content (AvgIpc) is 2.64. The number of carboxylic acid groups (broad SMARTS) is 1. The monoisotopic (exact) mass is 268 g/mol. The van der Waals surface area contributed by atoms with Crippen molar-refractivity contribution < 1.29 is 14.7 Å². The summed E-state index contributed by atoms with van der Waals surface area (Å²) in [6.45, 7) is 0.536. The summed E-state index contributed by atoms with van der Waals surface area (Å²) in [5.41, 5.74) is 5.44. The van der Waals surface area contributed by atoms with Gasteiger partial charge in [-0.05, 0) is 25.7 Å². The van der Waals surface area contributed by atoms with Crippen LogP contribution in [0.5, 0.6) is 0 Å². The Kier molecular flexibility index (Phi) is 4.45. The highest BCUT2D eigenvalue weighted by atomic mass is 16.4. The number of likely N-dealkylation sites (tertiary alicyclic amines) is 1. The molecule has 2 aliphatic rings. The molecule has 1 aliphatic heterocycles. The van der Waals surface area contributed by atoms with Gasteiger partial charge in [0.15, 0.2) is 0 Å². The molecule has 1 saturated carbocycles. The highest BCUT2D eigenvalue weighted by molar-refractivity contribution is 5.90. The van der Waals surface area contributed by atoms with Gasteiger partial charge in [0.2, 0.25) is 5.91 Å². The number of carbonyl (C=O) groups excluding carboxylic acids is 1. The topological polar surface area (TPSA) is 83.6 Å². The number of hydrogen-bond donors (Lipinski definition) is 2. The largest absolute Gasteiger partial charge is 0.480 e. The van der Waals surface area contributed by atoms with Crippen molar-refractivity contribution in [2.75, 3.05) is 6.54 Å². The van der Waals surface area contributed by atoms with E-state index in [-0.39, 0.29) is 5.91 Å². The Morgan fingerprint density at radius 1 is 1.05 bits per heavy atom. The Labute approximate surface area is 114 Å². The fourth-order valence-corrected chi connectivity index (χ4v) is 3.29. The first-order chi connectivity index (χ1) is 9.04. The first-order valence-corrected chi connectivity index (χ1v) is 7.37. The standard InChI is InChI=1S/C14H24N2O3/c15-14(8-4-2-5-9-14)13(19)16-10-6-1-3-7-11(16)12(17)18/h11H,1-10,15H2,(H,17,18). The minimum Gasteiger partial charge on any atom is -0.480 e. The van der Waals surface area contributed by atoms with Gasteiger partial charge in [-0.25, -0.2) is 4.79 Å². The maximum absolute atomic E-state index is 12.7. The number of hydrogen-bond acceptors (Lipinski definition) is 3. The van der Waals surface area contributed by atoms with Crippen molar-refractivity contribution >= 4 is 11.9 Å². The lowest BCUT2D eigenvalue weighted by Crippen LogP contribution is -2.59. The summed E-state index contributed by atoms with van der Waals surface area (Å²) >= 11 is 0. The molecule has 1 unspecified atom stereocenters. The predicted molar refractivity (Wildman–Crippen MR) is 71.6 cm³/mol. The molecule has 0 radical (unpaired) electrons. The molecule has 1 aliphatic carbocycles. The van der Waals surface area contributed by atoms with E-state index in [9.17, 15) is 14.7 Å². The average molecular weight is 268 g/mol. The molecule has 5 nitrogen and oxygen atoms in total. The Morgan fingerprint density at radius 3 is 2.32 bits per heavy atom. The Bertz CT molecular complexity index is 351. The molecule has 1 amide bonds. The lowest BCUT2D eigenvalue weighted by atomic mass is 9.81. The van der Waals surface area contributed by atoms with Crippen LogP contribution in [0.25, 0.3) is 0 Å². The van der Waals surface area contributed by atoms with E-state index in [0.717, 1.165) is 38.5 Å². The summed E-state index contributed by atoms with van der Waals surface area (Å²) in [7, 11) is 0. The number of carbonyl (C=O) groups is 2. The molecule has 1 atom stereocenters. The van der Waals surface area contributed by atoms with Crippen LogP contribution in [-0.4, -0.2) is 40.0 Å². The number of amides is 1. The second-order valence-corrected chi connectivity index (χ2v) is 5.92. The van der Waals surface area contributed by atoms with E-state index in [1.807, 2.05) is 0 Å². The van der Waals surface area contributed by atoms with Crippen LogP contribution < -0.4 is 5.73 Å². The molecule has 0 aromatic rings. The van der Waals surface area contributed by atoms with Crippen LogP contribution in [0.15, 0.2) is 0 Å². The molecule has 0 spiro atoms. The second-order valence-electron chi connectivity index (χ2n) is 5.92. The van der Waals surface area contributed by atoms with Gasteiger partial charge in [-0.2, -0.15) is 0 Å². The first-order valence-electron chi connectivity index (χ1n) is 7.37. The molecule has 108 valence electrons. The van der Waals surface area contributed by atoms with Crippen molar-refractivity contribution in [3.63, 3.8) is 0 Å². The van der Waals surface area contributed by atoms with Crippen molar-refractivity contribution in [2.45, 2.75) is 69.4 Å². The van der Waals surface area contributed by atoms with Crippen LogP contribution in [0.1, 0.15) is 57.8 Å². The van der Waals surface area contributed by atoms with Crippen LogP contribution in [0, 0.1) is 0 Å². The van der Waals surface area contributed by atoms with Crippen LogP contribution in [0.2, 0.25) is 0 Å². The van der Waals surface area contributed by atoms with E-state index in [1.165, 1.54) is 0 Å². The number of aliphatic carboxylic acids is 1. The molecular weight excluding hydrogens is 244 g/mol. The smallest absolute Gasteiger partial charge is 0.326 e. The van der Waals surface area contributed by atoms with Crippen molar-refractivity contribution in [3.8, 4) is 0 Å². The zero-order valence-corrected chi connectivity index (χ0v) is 11.4. The zero-order chi connectivity index (χ0) is 13.9. The zero-order valence-electron chi connectivity index (χ0n) is 11.4. The Hall–Kier alpha value is -1.10. The van der Waals surface area contributed by atoms with Gasteiger partial charge < -0.3 is 15.7 Å². The van der Waals surface area contributed by atoms with E-state index in [0.29, 0.717) is 25.8 Å². The quantitative estimate of drug-likeness (QED) is 0.795. The van der Waals surface area contributed by atoms with Gasteiger partial charge in [-0.1, -0.05) is 32.1 Å². The molecule has 0 bridgehead atoms. The van der Waals surface area contributed by atoms with Crippen LogP contribution in [0.4, 0.5) is 0 Å². The van der Waals surface area contributed by atoms with Crippen molar-refractivity contribution in [1.82, 2.24) is 4.90 Å². The number of nitrogens with zero attached hydrogens (tertiary/aromatic N) is 1. The van der Waals surface area contributed by atoms with Gasteiger partial charge in [0.25, 0.3) is 0 Å². The molecule has 5 heteroatoms. The third-order valence-corrected chi connectivity index (χ3v) is 4.47. The predicted octanol–water partition coefficient (Wildman–Crippen LogP) is 1.50. The van der Waals surface area contributed by atoms with E-state index < -0.39 is 17.6 Å². The third kappa shape index (κ3) is 3.08. The minimum absolute atomic E-state index is 0.137. The molecule has 2 fully saturated rings. The summed E-state index contributed by atoms with van der Waals surface area (Å²) < 4.78 is 0. The van der Waals surface area contributed by atoms with Gasteiger partial charge in [-0.15, -0.1) is 0 Å². The van der Waals surface area contributed by atoms with E-state index >= 15 is 0 Å². The van der Waals surface area contributed by atoms with Gasteiger partial charge in [-0.3, -0.25) is 4.79 Å². The number of rotatable bonds is 2. The SMILES string of the molecule is NC1(C(=O)N2CCCCCC2C(=O)O)CCCCC1. The van der Waals surface area contributed by atoms with Gasteiger partial charge >= 0.3 is 5.97 Å². The molecule has 1 saturated heterocycles. The van der Waals surface area contributed by atoms with Crippen molar-refractivity contribution in [1.29, 1.82) is 0 Å². The normalized spacial score (nSPS) is 27.6. The van der Waals surface area contributed by atoms with Crippen molar-refractivity contribution in [3.05, 3.63) is 0 Å². The highest BCUT2D eigenvalue weighted by Gasteiger charge is 2.42. The number of carboxylic acids is 1. The number of nitrogens with two attached hydrogens (primary N) is 1. The van der Waals surface area contributed by atoms with Gasteiger partial charge in [0.05, 0.1) is 5.54 Å². The van der Waals surface area contributed by atoms with Crippen LogP contribution in [-0.2, 0) is 9.59 Å². The fraction of sp³-hybridized carbons (Fsp3) is 0.857. The van der Waals surface area contributed by atoms with E-state index in [1.54, 1.807) is 4.90 Å². The molecule has 0 aromatic carbocycles. The van der Waals surface area contributed by atoms with Crippen molar-refractivity contribution in [2.24, 2.45) is 5.73 Å². The van der Waals surface area contributed by atoms with Crippen LogP contribution in [0.3, 0.4) is 0 Å². The summed E-state index contributed by atoms with van der Waals surface area (Å²) in [5.74, 6) is -1.03. The van der Waals surface area contributed by atoms with Crippen LogP contribution >= 0.6 is 0 Å². The summed E-state index contributed by atoms with van der Waals surface area (Å²) in [4.78, 5) is 25.6. The Balaban J connectivity index is 2.15. The first kappa shape index (κ1) is 14.3. The van der Waals surface area contributed by atoms with E-state index in [2.05, 4.69) is 0 Å². The summed E-state index contributed by atoms with van der Waals surface area (Å²) in [6.07, 6.45) is 7.73. The third-order valence-electron chi connectivity index (χ3n) is 4.47. The fourth-order valence-electron chi connectivity index (χ4n) is 3.29. The van der Waals surface area contributed by atoms with E-state index in [4.69, 9.17) is 5.73 Å². The lowest BCUT2D eigenvalue weighted by Gasteiger charge is -2.38. The highest BCUT2D eigenvalue weighted by Crippen LogP contribution is 2.30. The molecule has 3 N–H and O–H groups in total. The molecule has 19 heavy (non-hydrogen) atoms. The molecule has 1 heterocycles. The summed E-state index contributed by atoms with van der Waals surface area (Å²) in [5, 5.41) is 9.33. The maximum atomic E-state index is 12.7. The molecule has 0 aromatic heterocycles. The minimum atomic E-state index is -0.894.